The van der Waals surface area contributed by atoms with Crippen LogP contribution in [-0.2, 0) is 6.42 Å². The molecule has 1 atom stereocenters. The zero-order valence-corrected chi connectivity index (χ0v) is 15.4. The molecule has 0 N–H and O–H groups in total. The summed E-state index contributed by atoms with van der Waals surface area (Å²) in [6, 6.07) is 10.3. The van der Waals surface area contributed by atoms with Crippen molar-refractivity contribution in [3.63, 3.8) is 0 Å². The third kappa shape index (κ3) is 3.05. The Morgan fingerprint density at radius 3 is 2.69 bits per heavy atom. The zero-order chi connectivity index (χ0) is 18.1. The monoisotopic (exact) mass is 351 g/mol. The fraction of sp³-hybridized carbons (Fsp3) is 0.450. The first-order valence-electron chi connectivity index (χ1n) is 9.39. The molecule has 0 aliphatic carbocycles. The quantitative estimate of drug-likeness (QED) is 0.850. The molecule has 0 bridgehead atoms. The second kappa shape index (κ2) is 7.03. The molecule has 1 saturated heterocycles. The van der Waals surface area contributed by atoms with Crippen molar-refractivity contribution in [2.24, 2.45) is 0 Å². The Kier molecular flexibility index (Phi) is 4.59. The van der Waals surface area contributed by atoms with Crippen LogP contribution < -0.4 is 4.90 Å². The topological polar surface area (TPSA) is 52.6 Å². The van der Waals surface area contributed by atoms with Crippen LogP contribution in [-0.4, -0.2) is 64.4 Å². The highest BCUT2D eigenvalue weighted by molar-refractivity contribution is 5.92. The van der Waals surface area contributed by atoms with Gasteiger partial charge in [-0.15, -0.1) is 0 Å². The Morgan fingerprint density at radius 2 is 1.92 bits per heavy atom. The highest BCUT2D eigenvalue weighted by Crippen LogP contribution is 2.36. The van der Waals surface area contributed by atoms with Crippen LogP contribution in [0.15, 0.2) is 36.5 Å². The van der Waals surface area contributed by atoms with Crippen LogP contribution in [0.3, 0.4) is 0 Å². The normalized spacial score (nSPS) is 20.3. The molecule has 1 fully saturated rings. The number of fused-ring (bicyclic) bond motifs is 1. The van der Waals surface area contributed by atoms with Gasteiger partial charge in [0.05, 0.1) is 0 Å². The third-order valence-electron chi connectivity index (χ3n) is 5.39. The fourth-order valence-corrected chi connectivity index (χ4v) is 3.88. The second-order valence-electron chi connectivity index (χ2n) is 7.02. The van der Waals surface area contributed by atoms with E-state index in [0.29, 0.717) is 11.6 Å². The fourth-order valence-electron chi connectivity index (χ4n) is 3.88. The predicted octanol–water partition coefficient (Wildman–Crippen LogP) is 2.34. The van der Waals surface area contributed by atoms with Crippen LogP contribution in [0.25, 0.3) is 0 Å². The number of para-hydroxylation sites is 1. The van der Waals surface area contributed by atoms with Crippen molar-refractivity contribution in [2.45, 2.75) is 26.3 Å². The van der Waals surface area contributed by atoms with Crippen LogP contribution in [0.2, 0.25) is 0 Å². The predicted molar refractivity (Wildman–Crippen MR) is 102 cm³/mol. The standard InChI is InChI=1S/C20H25N5O/c1-3-23-10-12-24(13-11-23)19(26)17-8-9-21-20(22-17)25-15(2)14-16-6-4-5-7-18(16)25/h4-9,15H,3,10-14H2,1-2H3. The van der Waals surface area contributed by atoms with Crippen molar-refractivity contribution in [3.05, 3.63) is 47.8 Å². The third-order valence-corrected chi connectivity index (χ3v) is 5.39. The van der Waals surface area contributed by atoms with Gasteiger partial charge >= 0.3 is 0 Å². The molecular weight excluding hydrogens is 326 g/mol. The van der Waals surface area contributed by atoms with Gasteiger partial charge in [0.25, 0.3) is 5.91 Å². The molecule has 6 heteroatoms. The number of hydrogen-bond acceptors (Lipinski definition) is 5. The van der Waals surface area contributed by atoms with E-state index in [9.17, 15) is 4.79 Å². The van der Waals surface area contributed by atoms with Gasteiger partial charge in [-0.3, -0.25) is 4.79 Å². The van der Waals surface area contributed by atoms with Gasteiger partial charge in [0.2, 0.25) is 5.95 Å². The average molecular weight is 351 g/mol. The van der Waals surface area contributed by atoms with Gasteiger partial charge in [-0.2, -0.15) is 0 Å². The molecule has 1 unspecified atom stereocenters. The van der Waals surface area contributed by atoms with E-state index >= 15 is 0 Å². The number of benzene rings is 1. The number of carbonyl (C=O) groups is 1. The highest BCUT2D eigenvalue weighted by atomic mass is 16.2. The van der Waals surface area contributed by atoms with Crippen LogP contribution in [0, 0.1) is 0 Å². The van der Waals surface area contributed by atoms with E-state index in [1.807, 2.05) is 11.0 Å². The smallest absolute Gasteiger partial charge is 0.272 e. The maximum absolute atomic E-state index is 12.9. The first-order chi connectivity index (χ1) is 12.7. The molecule has 3 heterocycles. The van der Waals surface area contributed by atoms with Crippen molar-refractivity contribution in [1.29, 1.82) is 0 Å². The Morgan fingerprint density at radius 1 is 1.15 bits per heavy atom. The molecule has 1 amide bonds. The van der Waals surface area contributed by atoms with Gasteiger partial charge in [-0.25, -0.2) is 9.97 Å². The first-order valence-corrected chi connectivity index (χ1v) is 9.39. The van der Waals surface area contributed by atoms with Crippen molar-refractivity contribution in [1.82, 2.24) is 19.8 Å². The van der Waals surface area contributed by atoms with Crippen molar-refractivity contribution < 1.29 is 4.79 Å². The van der Waals surface area contributed by atoms with Gasteiger partial charge in [-0.1, -0.05) is 25.1 Å². The Bertz CT molecular complexity index is 800. The van der Waals surface area contributed by atoms with Gasteiger partial charge in [0.15, 0.2) is 0 Å². The number of likely N-dealkylation sites (N-methyl/N-ethyl adjacent to an activating group) is 1. The molecule has 0 saturated carbocycles. The number of hydrogen-bond donors (Lipinski definition) is 0. The van der Waals surface area contributed by atoms with Crippen LogP contribution >= 0.6 is 0 Å². The highest BCUT2D eigenvalue weighted by Gasteiger charge is 2.30. The summed E-state index contributed by atoms with van der Waals surface area (Å²) >= 11 is 0. The summed E-state index contributed by atoms with van der Waals surface area (Å²) in [6.45, 7) is 8.73. The molecule has 1 aromatic carbocycles. The summed E-state index contributed by atoms with van der Waals surface area (Å²) in [5, 5.41) is 0. The number of nitrogens with zero attached hydrogens (tertiary/aromatic N) is 5. The molecule has 136 valence electrons. The second-order valence-corrected chi connectivity index (χ2v) is 7.02. The number of aromatic nitrogens is 2. The molecule has 2 aliphatic heterocycles. The summed E-state index contributed by atoms with van der Waals surface area (Å²) < 4.78 is 0. The minimum Gasteiger partial charge on any atom is -0.335 e. The molecule has 2 aliphatic rings. The molecule has 2 aromatic rings. The molecule has 0 radical (unpaired) electrons. The number of amides is 1. The molecule has 6 nitrogen and oxygen atoms in total. The molecular formula is C20H25N5O. The van der Waals surface area contributed by atoms with E-state index in [0.717, 1.165) is 44.8 Å². The van der Waals surface area contributed by atoms with Crippen LogP contribution in [0.1, 0.15) is 29.9 Å². The Hall–Kier alpha value is -2.47. The largest absolute Gasteiger partial charge is 0.335 e. The minimum atomic E-state index is 0.00420. The van der Waals surface area contributed by atoms with E-state index in [4.69, 9.17) is 0 Å². The van der Waals surface area contributed by atoms with Crippen LogP contribution in [0.4, 0.5) is 11.6 Å². The molecule has 1 aromatic heterocycles. The zero-order valence-electron chi connectivity index (χ0n) is 15.4. The summed E-state index contributed by atoms with van der Waals surface area (Å²) in [5.41, 5.74) is 2.92. The minimum absolute atomic E-state index is 0.00420. The average Bonchev–Trinajstić information content (AvgIpc) is 3.03. The summed E-state index contributed by atoms with van der Waals surface area (Å²) in [6.07, 6.45) is 2.67. The van der Waals surface area contributed by atoms with Gasteiger partial charge < -0.3 is 14.7 Å². The number of anilines is 2. The van der Waals surface area contributed by atoms with Crippen molar-refractivity contribution in [2.75, 3.05) is 37.6 Å². The van der Waals surface area contributed by atoms with E-state index < -0.39 is 0 Å². The van der Waals surface area contributed by atoms with E-state index in [1.165, 1.54) is 5.56 Å². The van der Waals surface area contributed by atoms with Crippen molar-refractivity contribution in [3.8, 4) is 0 Å². The number of rotatable bonds is 3. The summed E-state index contributed by atoms with van der Waals surface area (Å²) in [4.78, 5) is 28.4. The van der Waals surface area contributed by atoms with E-state index in [2.05, 4.69) is 51.8 Å². The lowest BCUT2D eigenvalue weighted by Gasteiger charge is -2.34. The maximum atomic E-state index is 12.9. The molecule has 26 heavy (non-hydrogen) atoms. The Labute approximate surface area is 154 Å². The molecule has 4 rings (SSSR count). The van der Waals surface area contributed by atoms with E-state index in [-0.39, 0.29) is 11.9 Å². The number of carbonyl (C=O) groups excluding carboxylic acids is 1. The lowest BCUT2D eigenvalue weighted by Crippen LogP contribution is -2.48. The van der Waals surface area contributed by atoms with E-state index in [1.54, 1.807) is 12.3 Å². The Balaban J connectivity index is 1.57. The maximum Gasteiger partial charge on any atom is 0.272 e. The van der Waals surface area contributed by atoms with Gasteiger partial charge in [-0.05, 0) is 37.6 Å². The van der Waals surface area contributed by atoms with Gasteiger partial charge in [0, 0.05) is 44.1 Å². The van der Waals surface area contributed by atoms with Crippen LogP contribution in [0.5, 0.6) is 0 Å². The first kappa shape index (κ1) is 17.0. The lowest BCUT2D eigenvalue weighted by atomic mass is 10.1. The van der Waals surface area contributed by atoms with Gasteiger partial charge in [0.1, 0.15) is 5.69 Å². The lowest BCUT2D eigenvalue weighted by molar-refractivity contribution is 0.0637. The summed E-state index contributed by atoms with van der Waals surface area (Å²) in [7, 11) is 0. The number of piperazine rings is 1. The SMILES string of the molecule is CCN1CCN(C(=O)c2ccnc(N3c4ccccc4CC3C)n2)CC1. The van der Waals surface area contributed by atoms with Crippen molar-refractivity contribution >= 4 is 17.5 Å². The summed E-state index contributed by atoms with van der Waals surface area (Å²) in [5.74, 6) is 0.616. The molecule has 0 spiro atoms.